The maximum Gasteiger partial charge on any atom is 0.309 e. The first kappa shape index (κ1) is 20.0. The van der Waals surface area contributed by atoms with Gasteiger partial charge in [-0.3, -0.25) is 9.59 Å². The number of benzene rings is 1. The van der Waals surface area contributed by atoms with Crippen molar-refractivity contribution in [2.24, 2.45) is 5.92 Å². The van der Waals surface area contributed by atoms with Crippen LogP contribution in [0.4, 0.5) is 0 Å². The van der Waals surface area contributed by atoms with E-state index in [0.717, 1.165) is 24.2 Å². The average Bonchev–Trinajstić information content (AvgIpc) is 2.55. The Balaban J connectivity index is 2.75. The highest BCUT2D eigenvalue weighted by Gasteiger charge is 2.24. The monoisotopic (exact) mass is 336 g/mol. The molecule has 1 rings (SSSR count). The van der Waals surface area contributed by atoms with E-state index in [4.69, 9.17) is 14.2 Å². The van der Waals surface area contributed by atoms with Crippen molar-refractivity contribution in [3.8, 4) is 5.75 Å². The van der Waals surface area contributed by atoms with Crippen LogP contribution in [-0.4, -0.2) is 31.8 Å². The summed E-state index contributed by atoms with van der Waals surface area (Å²) >= 11 is 0. The minimum Gasteiger partial charge on any atom is -0.494 e. The first-order valence-electron chi connectivity index (χ1n) is 8.64. The Morgan fingerprint density at radius 1 is 1.08 bits per heavy atom. The largest absolute Gasteiger partial charge is 0.494 e. The van der Waals surface area contributed by atoms with E-state index in [2.05, 4.69) is 6.92 Å². The lowest BCUT2D eigenvalue weighted by molar-refractivity contribution is -0.154. The van der Waals surface area contributed by atoms with Crippen LogP contribution in [0.15, 0.2) is 24.3 Å². The van der Waals surface area contributed by atoms with Crippen LogP contribution in [0.2, 0.25) is 0 Å². The maximum atomic E-state index is 12.1. The summed E-state index contributed by atoms with van der Waals surface area (Å²) in [6.45, 7) is 6.87. The first-order valence-corrected chi connectivity index (χ1v) is 8.64. The summed E-state index contributed by atoms with van der Waals surface area (Å²) in [5.41, 5.74) is 0.936. The Kier molecular flexibility index (Phi) is 9.58. The van der Waals surface area contributed by atoms with Crippen molar-refractivity contribution in [2.75, 3.05) is 19.8 Å². The second kappa shape index (κ2) is 11.5. The Morgan fingerprint density at radius 3 is 2.50 bits per heavy atom. The highest BCUT2D eigenvalue weighted by molar-refractivity contribution is 5.80. The normalized spacial score (nSPS) is 11.6. The van der Waals surface area contributed by atoms with Crippen LogP contribution >= 0.6 is 0 Å². The Labute approximate surface area is 144 Å². The minimum atomic E-state index is -0.546. The number of unbranched alkanes of at least 4 members (excludes halogenated alkanes) is 1. The van der Waals surface area contributed by atoms with Gasteiger partial charge in [-0.1, -0.05) is 25.5 Å². The Morgan fingerprint density at radius 2 is 1.83 bits per heavy atom. The predicted molar refractivity (Wildman–Crippen MR) is 91.9 cm³/mol. The lowest BCUT2D eigenvalue weighted by Crippen LogP contribution is -2.24. The molecule has 5 heteroatoms. The lowest BCUT2D eigenvalue weighted by atomic mass is 9.96. The zero-order valence-corrected chi connectivity index (χ0v) is 14.9. The van der Waals surface area contributed by atoms with Gasteiger partial charge in [0.1, 0.15) is 5.75 Å². The van der Waals surface area contributed by atoms with E-state index in [1.54, 1.807) is 13.8 Å². The van der Waals surface area contributed by atoms with E-state index in [1.165, 1.54) is 0 Å². The smallest absolute Gasteiger partial charge is 0.309 e. The molecule has 0 saturated carbocycles. The molecule has 0 amide bonds. The Hall–Kier alpha value is -2.04. The van der Waals surface area contributed by atoms with E-state index in [9.17, 15) is 9.59 Å². The van der Waals surface area contributed by atoms with Gasteiger partial charge in [-0.15, -0.1) is 0 Å². The van der Waals surface area contributed by atoms with Gasteiger partial charge in [-0.25, -0.2) is 0 Å². The van der Waals surface area contributed by atoms with Crippen molar-refractivity contribution >= 4 is 11.9 Å². The van der Waals surface area contributed by atoms with Crippen LogP contribution in [-0.2, 0) is 25.5 Å². The molecule has 0 spiro atoms. The minimum absolute atomic E-state index is 0.0214. The van der Waals surface area contributed by atoms with E-state index in [0.29, 0.717) is 26.2 Å². The van der Waals surface area contributed by atoms with Gasteiger partial charge in [0.05, 0.1) is 32.2 Å². The summed E-state index contributed by atoms with van der Waals surface area (Å²) in [5.74, 6) is -0.525. The summed E-state index contributed by atoms with van der Waals surface area (Å²) in [4.78, 5) is 23.9. The highest BCUT2D eigenvalue weighted by Crippen LogP contribution is 2.20. The van der Waals surface area contributed by atoms with Gasteiger partial charge < -0.3 is 14.2 Å². The van der Waals surface area contributed by atoms with Gasteiger partial charge >= 0.3 is 11.9 Å². The molecule has 0 aliphatic heterocycles. The topological polar surface area (TPSA) is 61.8 Å². The van der Waals surface area contributed by atoms with Crippen molar-refractivity contribution in [3.63, 3.8) is 0 Å². The van der Waals surface area contributed by atoms with Crippen LogP contribution in [0.25, 0.3) is 0 Å². The number of ether oxygens (including phenoxy) is 3. The molecule has 0 saturated heterocycles. The first-order chi connectivity index (χ1) is 11.6. The third-order valence-electron chi connectivity index (χ3n) is 3.49. The highest BCUT2D eigenvalue weighted by atomic mass is 16.5. The molecule has 1 aromatic carbocycles. The van der Waals surface area contributed by atoms with E-state index >= 15 is 0 Å². The van der Waals surface area contributed by atoms with Crippen LogP contribution in [0.1, 0.15) is 45.6 Å². The molecule has 1 atom stereocenters. The molecule has 5 nitrogen and oxygen atoms in total. The molecule has 0 aliphatic rings. The second-order valence-corrected chi connectivity index (χ2v) is 5.51. The van der Waals surface area contributed by atoms with E-state index in [-0.39, 0.29) is 18.4 Å². The quantitative estimate of drug-likeness (QED) is 0.457. The van der Waals surface area contributed by atoms with Gasteiger partial charge in [0.2, 0.25) is 0 Å². The number of carbonyl (C=O) groups is 2. The van der Waals surface area contributed by atoms with Crippen LogP contribution in [0.3, 0.4) is 0 Å². The number of rotatable bonds is 11. The molecule has 1 aromatic rings. The lowest BCUT2D eigenvalue weighted by Gasteiger charge is -2.15. The molecule has 134 valence electrons. The zero-order chi connectivity index (χ0) is 17.8. The summed E-state index contributed by atoms with van der Waals surface area (Å²) in [6.07, 6.45) is 2.51. The van der Waals surface area contributed by atoms with Crippen LogP contribution in [0, 0.1) is 5.92 Å². The fourth-order valence-electron chi connectivity index (χ4n) is 2.30. The van der Waals surface area contributed by atoms with Crippen LogP contribution < -0.4 is 4.74 Å². The summed E-state index contributed by atoms with van der Waals surface area (Å²) in [6, 6.07) is 7.62. The molecule has 0 aromatic heterocycles. The molecule has 0 radical (unpaired) electrons. The predicted octanol–water partition coefficient (Wildman–Crippen LogP) is 3.54. The molecule has 0 aliphatic carbocycles. The second-order valence-electron chi connectivity index (χ2n) is 5.51. The molecular formula is C19H28O5. The third-order valence-corrected chi connectivity index (χ3v) is 3.49. The molecule has 0 bridgehead atoms. The number of hydrogen-bond donors (Lipinski definition) is 0. The van der Waals surface area contributed by atoms with Gasteiger partial charge in [0, 0.05) is 0 Å². The van der Waals surface area contributed by atoms with Crippen molar-refractivity contribution in [2.45, 2.75) is 46.5 Å². The van der Waals surface area contributed by atoms with Crippen molar-refractivity contribution < 1.29 is 23.8 Å². The number of hydrogen-bond acceptors (Lipinski definition) is 5. The fraction of sp³-hybridized carbons (Fsp3) is 0.579. The average molecular weight is 336 g/mol. The van der Waals surface area contributed by atoms with E-state index < -0.39 is 5.92 Å². The third kappa shape index (κ3) is 7.49. The SMILES string of the molecule is CCCCOc1cccc(CC(CC(=O)OCC)C(=O)OCC)c1. The standard InChI is InChI=1S/C19H28O5/c1-4-7-11-24-17-10-8-9-15(13-17)12-16(19(21)23-6-3)14-18(20)22-5-2/h8-10,13,16H,4-7,11-12,14H2,1-3H3. The van der Waals surface area contributed by atoms with E-state index in [1.807, 2.05) is 24.3 Å². The maximum absolute atomic E-state index is 12.1. The summed E-state index contributed by atoms with van der Waals surface area (Å²) in [5, 5.41) is 0. The number of esters is 2. The fourth-order valence-corrected chi connectivity index (χ4v) is 2.30. The van der Waals surface area contributed by atoms with Gasteiger partial charge in [0.15, 0.2) is 0 Å². The molecule has 24 heavy (non-hydrogen) atoms. The van der Waals surface area contributed by atoms with Crippen molar-refractivity contribution in [1.82, 2.24) is 0 Å². The number of carbonyl (C=O) groups excluding carboxylic acids is 2. The summed E-state index contributed by atoms with van der Waals surface area (Å²) < 4.78 is 15.7. The Bertz CT molecular complexity index is 512. The summed E-state index contributed by atoms with van der Waals surface area (Å²) in [7, 11) is 0. The van der Waals surface area contributed by atoms with Crippen LogP contribution in [0.5, 0.6) is 5.75 Å². The van der Waals surface area contributed by atoms with Crippen molar-refractivity contribution in [1.29, 1.82) is 0 Å². The molecule has 0 fully saturated rings. The molecule has 1 unspecified atom stereocenters. The molecular weight excluding hydrogens is 308 g/mol. The molecule has 0 N–H and O–H groups in total. The van der Waals surface area contributed by atoms with Gasteiger partial charge in [-0.05, 0) is 44.4 Å². The van der Waals surface area contributed by atoms with Crippen molar-refractivity contribution in [3.05, 3.63) is 29.8 Å². The van der Waals surface area contributed by atoms with Gasteiger partial charge in [0.25, 0.3) is 0 Å². The zero-order valence-electron chi connectivity index (χ0n) is 14.9. The molecule has 0 heterocycles. The van der Waals surface area contributed by atoms with Gasteiger partial charge in [-0.2, -0.15) is 0 Å².